The molecule has 0 aliphatic heterocycles. The van der Waals surface area contributed by atoms with Gasteiger partial charge in [-0.15, -0.1) is 0 Å². The zero-order valence-corrected chi connectivity index (χ0v) is 23.2. The summed E-state index contributed by atoms with van der Waals surface area (Å²) in [6.07, 6.45) is 1.29. The molecular weight excluding hydrogens is 530 g/mol. The zero-order valence-electron chi connectivity index (χ0n) is 23.2. The molecule has 212 valence electrons. The van der Waals surface area contributed by atoms with E-state index in [-0.39, 0.29) is 28.8 Å². The van der Waals surface area contributed by atoms with E-state index < -0.39 is 28.7 Å². The molecule has 0 fully saturated rings. The number of aromatic nitrogens is 2. The minimum Gasteiger partial charge on any atom is -0.496 e. The lowest BCUT2D eigenvalue weighted by Crippen LogP contribution is -2.21. The van der Waals surface area contributed by atoms with E-state index >= 15 is 0 Å². The Morgan fingerprint density at radius 1 is 1.15 bits per heavy atom. The van der Waals surface area contributed by atoms with Crippen molar-refractivity contribution in [1.82, 2.24) is 9.66 Å². The number of ether oxygens (including phenoxy) is 3. The lowest BCUT2D eigenvalue weighted by atomic mass is 9.96. The second-order valence-electron chi connectivity index (χ2n) is 9.46. The maximum Gasteiger partial charge on any atom is 0.315 e. The van der Waals surface area contributed by atoms with Crippen molar-refractivity contribution in [2.45, 2.75) is 26.7 Å². The van der Waals surface area contributed by atoms with Crippen molar-refractivity contribution >= 4 is 28.7 Å². The Labute approximate surface area is 235 Å². The van der Waals surface area contributed by atoms with Gasteiger partial charge in [0.25, 0.3) is 11.5 Å². The summed E-state index contributed by atoms with van der Waals surface area (Å²) in [6, 6.07) is 13.4. The van der Waals surface area contributed by atoms with Gasteiger partial charge in [-0.25, -0.2) is 4.98 Å². The Morgan fingerprint density at radius 2 is 1.85 bits per heavy atom. The Balaban J connectivity index is 1.94. The summed E-state index contributed by atoms with van der Waals surface area (Å²) < 4.78 is 17.3. The van der Waals surface area contributed by atoms with Gasteiger partial charge in [0.1, 0.15) is 5.75 Å². The minimum absolute atomic E-state index is 0.0151. The molecule has 0 unspecified atom stereocenters. The predicted molar refractivity (Wildman–Crippen MR) is 154 cm³/mol. The second-order valence-corrected chi connectivity index (χ2v) is 9.46. The van der Waals surface area contributed by atoms with Crippen LogP contribution in [0.1, 0.15) is 36.5 Å². The number of nitrogens with two attached hydrogens (primary N) is 1. The number of nitrogens with zero attached hydrogens (tertiary/aromatic N) is 4. The number of carbonyl (C=O) groups excluding carboxylic acids is 1. The molecule has 12 heteroatoms. The summed E-state index contributed by atoms with van der Waals surface area (Å²) >= 11 is 0. The second kappa shape index (κ2) is 11.9. The molecule has 0 spiro atoms. The van der Waals surface area contributed by atoms with Crippen molar-refractivity contribution in [2.75, 3.05) is 20.8 Å². The largest absolute Gasteiger partial charge is 0.496 e. The van der Waals surface area contributed by atoms with Gasteiger partial charge < -0.3 is 19.9 Å². The van der Waals surface area contributed by atoms with Gasteiger partial charge in [0.15, 0.2) is 18.2 Å². The maximum absolute atomic E-state index is 13.7. The fourth-order valence-corrected chi connectivity index (χ4v) is 4.35. The average Bonchev–Trinajstić information content (AvgIpc) is 2.94. The van der Waals surface area contributed by atoms with Gasteiger partial charge in [0.05, 0.1) is 36.3 Å². The van der Waals surface area contributed by atoms with E-state index in [1.165, 1.54) is 25.5 Å². The van der Waals surface area contributed by atoms with Crippen LogP contribution in [0.2, 0.25) is 0 Å². The summed E-state index contributed by atoms with van der Waals surface area (Å²) in [5.74, 6) is 0.0497. The van der Waals surface area contributed by atoms with Crippen LogP contribution >= 0.6 is 0 Å². The van der Waals surface area contributed by atoms with Gasteiger partial charge in [0.2, 0.25) is 5.75 Å². The first kappa shape index (κ1) is 28.7. The SMILES string of the molecule is COc1cc(C)c(-c2nc3ccccc3c(=O)n2N=Cc2cc(OC)c(OCC(N)=O)c([N+](=O)[O-])c2)cc1C(C)C. The summed E-state index contributed by atoms with van der Waals surface area (Å²) in [4.78, 5) is 40.8. The predicted octanol–water partition coefficient (Wildman–Crippen LogP) is 4.17. The summed E-state index contributed by atoms with van der Waals surface area (Å²) in [7, 11) is 2.90. The molecule has 0 aliphatic rings. The number of amides is 1. The van der Waals surface area contributed by atoms with Crippen molar-refractivity contribution < 1.29 is 23.9 Å². The van der Waals surface area contributed by atoms with Crippen LogP contribution in [-0.2, 0) is 4.79 Å². The third kappa shape index (κ3) is 5.86. The number of hydrogen-bond donors (Lipinski definition) is 1. The van der Waals surface area contributed by atoms with E-state index in [1.807, 2.05) is 32.9 Å². The summed E-state index contributed by atoms with van der Waals surface area (Å²) in [5, 5.41) is 16.6. The standard InChI is InChI=1S/C29H29N5O7/c1-16(2)20-13-21(17(3)10-24(20)39-4)28-32-22-9-7-6-8-19(22)29(36)33(28)31-14-18-11-23(34(37)38)27(25(12-18)40-5)41-15-26(30)35/h6-14,16H,15H2,1-5H3,(H2,30,35). The molecule has 4 aromatic rings. The first-order valence-electron chi connectivity index (χ1n) is 12.6. The van der Waals surface area contributed by atoms with Crippen molar-refractivity contribution in [3.8, 4) is 28.6 Å². The molecule has 41 heavy (non-hydrogen) atoms. The van der Waals surface area contributed by atoms with Crippen molar-refractivity contribution in [3.63, 3.8) is 0 Å². The fraction of sp³-hybridized carbons (Fsp3) is 0.241. The highest BCUT2D eigenvalue weighted by Gasteiger charge is 2.23. The van der Waals surface area contributed by atoms with Gasteiger partial charge >= 0.3 is 5.69 Å². The van der Waals surface area contributed by atoms with E-state index in [0.717, 1.165) is 21.6 Å². The number of aryl methyl sites for hydroxylation is 1. The Bertz CT molecular complexity index is 1740. The minimum atomic E-state index is -0.808. The highest BCUT2D eigenvalue weighted by molar-refractivity contribution is 5.85. The average molecular weight is 560 g/mol. The number of hydrogen-bond acceptors (Lipinski definition) is 9. The van der Waals surface area contributed by atoms with Gasteiger partial charge in [-0.3, -0.25) is 19.7 Å². The van der Waals surface area contributed by atoms with Gasteiger partial charge in [-0.2, -0.15) is 9.78 Å². The molecule has 0 atom stereocenters. The van der Waals surface area contributed by atoms with Crippen LogP contribution in [0.4, 0.5) is 5.69 Å². The normalized spacial score (nSPS) is 11.3. The quantitative estimate of drug-likeness (QED) is 0.172. The first-order chi connectivity index (χ1) is 19.5. The van der Waals surface area contributed by atoms with Gasteiger partial charge in [0, 0.05) is 17.2 Å². The first-order valence-corrected chi connectivity index (χ1v) is 12.6. The Hall–Kier alpha value is -5.26. The molecule has 0 saturated heterocycles. The number of para-hydroxylation sites is 1. The third-order valence-corrected chi connectivity index (χ3v) is 6.35. The Morgan fingerprint density at radius 3 is 2.49 bits per heavy atom. The number of methoxy groups -OCH3 is 2. The molecule has 12 nitrogen and oxygen atoms in total. The Kier molecular flexibility index (Phi) is 8.32. The lowest BCUT2D eigenvalue weighted by Gasteiger charge is -2.17. The molecule has 1 heterocycles. The van der Waals surface area contributed by atoms with E-state index in [2.05, 4.69) is 5.10 Å². The van der Waals surface area contributed by atoms with E-state index in [9.17, 15) is 19.7 Å². The van der Waals surface area contributed by atoms with Gasteiger partial charge in [-0.1, -0.05) is 26.0 Å². The molecule has 0 saturated carbocycles. The number of carbonyl (C=O) groups is 1. The molecule has 0 radical (unpaired) electrons. The summed E-state index contributed by atoms with van der Waals surface area (Å²) in [5.41, 5.74) is 7.38. The van der Waals surface area contributed by atoms with Crippen LogP contribution < -0.4 is 25.5 Å². The number of nitro groups is 1. The third-order valence-electron chi connectivity index (χ3n) is 6.35. The molecule has 0 aliphatic carbocycles. The highest BCUT2D eigenvalue weighted by atomic mass is 16.6. The van der Waals surface area contributed by atoms with Crippen LogP contribution in [0.5, 0.6) is 17.2 Å². The molecule has 1 aromatic heterocycles. The van der Waals surface area contributed by atoms with Crippen LogP contribution in [0, 0.1) is 17.0 Å². The van der Waals surface area contributed by atoms with Crippen LogP contribution in [0.15, 0.2) is 58.4 Å². The fourth-order valence-electron chi connectivity index (χ4n) is 4.35. The highest BCUT2D eigenvalue weighted by Crippen LogP contribution is 2.38. The monoisotopic (exact) mass is 559 g/mol. The van der Waals surface area contributed by atoms with Crippen molar-refractivity contribution in [1.29, 1.82) is 0 Å². The van der Waals surface area contributed by atoms with Crippen molar-refractivity contribution in [2.24, 2.45) is 10.8 Å². The number of rotatable bonds is 10. The molecule has 1 amide bonds. The maximum atomic E-state index is 13.7. The number of benzene rings is 3. The molecular formula is C29H29N5O7. The van der Waals surface area contributed by atoms with Crippen LogP contribution in [0.25, 0.3) is 22.3 Å². The van der Waals surface area contributed by atoms with Crippen LogP contribution in [0.3, 0.4) is 0 Å². The lowest BCUT2D eigenvalue weighted by molar-refractivity contribution is -0.385. The van der Waals surface area contributed by atoms with E-state index in [1.54, 1.807) is 31.4 Å². The van der Waals surface area contributed by atoms with Gasteiger partial charge in [-0.05, 0) is 54.3 Å². The topological polar surface area (TPSA) is 161 Å². The van der Waals surface area contributed by atoms with E-state index in [4.69, 9.17) is 24.9 Å². The number of primary amides is 1. The molecule has 2 N–H and O–H groups in total. The van der Waals surface area contributed by atoms with Crippen LogP contribution in [-0.4, -0.2) is 47.5 Å². The molecule has 3 aromatic carbocycles. The molecule has 4 rings (SSSR count). The molecule has 0 bridgehead atoms. The number of fused-ring (bicyclic) bond motifs is 1. The zero-order chi connectivity index (χ0) is 29.8. The summed E-state index contributed by atoms with van der Waals surface area (Å²) in [6.45, 7) is 5.38. The number of nitro benzene ring substituents is 1. The van der Waals surface area contributed by atoms with E-state index in [0.29, 0.717) is 16.5 Å². The van der Waals surface area contributed by atoms with Crippen molar-refractivity contribution in [3.05, 3.63) is 85.7 Å². The smallest absolute Gasteiger partial charge is 0.315 e.